The van der Waals surface area contributed by atoms with Crippen LogP contribution in [0.1, 0.15) is 60.7 Å². The van der Waals surface area contributed by atoms with Crippen LogP contribution in [0.4, 0.5) is 0 Å². The molecule has 0 saturated carbocycles. The van der Waals surface area contributed by atoms with Gasteiger partial charge in [0, 0.05) is 32.1 Å². The van der Waals surface area contributed by atoms with Crippen LogP contribution in [-0.4, -0.2) is 11.5 Å². The largest absolute Gasteiger partial charge is 0.353 e. The Hall–Kier alpha value is -2.26. The SMILES string of the molecule is CC(C)(C)c1ccc([C@H]2[NH2+]C[C@@H](c3ccc(Cl)cc3Cl)c3c2[nH]c2ccccc32)cc1. The average Bonchev–Trinajstić information content (AvgIpc) is 3.13. The summed E-state index contributed by atoms with van der Waals surface area (Å²) in [5.74, 6) is 0.209. The normalized spacial score (nSPS) is 18.9. The molecule has 1 aliphatic heterocycles. The molecule has 0 saturated heterocycles. The molecule has 0 spiro atoms. The van der Waals surface area contributed by atoms with E-state index in [1.165, 1.54) is 33.3 Å². The Morgan fingerprint density at radius 1 is 0.935 bits per heavy atom. The van der Waals surface area contributed by atoms with Gasteiger partial charge >= 0.3 is 0 Å². The number of aromatic amines is 1. The molecule has 2 nitrogen and oxygen atoms in total. The topological polar surface area (TPSA) is 32.4 Å². The van der Waals surface area contributed by atoms with Gasteiger partial charge in [0.05, 0.1) is 18.2 Å². The first kappa shape index (κ1) is 20.6. The second kappa shape index (κ2) is 7.70. The summed E-state index contributed by atoms with van der Waals surface area (Å²) in [6, 6.07) is 23.8. The maximum Gasteiger partial charge on any atom is 0.153 e. The van der Waals surface area contributed by atoms with E-state index in [0.29, 0.717) is 5.02 Å². The molecule has 0 fully saturated rings. The van der Waals surface area contributed by atoms with Gasteiger partial charge in [0.25, 0.3) is 0 Å². The Morgan fingerprint density at radius 3 is 2.39 bits per heavy atom. The van der Waals surface area contributed by atoms with E-state index in [2.05, 4.69) is 85.7 Å². The van der Waals surface area contributed by atoms with E-state index in [1.54, 1.807) is 0 Å². The molecule has 4 heteroatoms. The maximum absolute atomic E-state index is 6.65. The molecule has 0 unspecified atom stereocenters. The number of benzene rings is 3. The molecule has 2 atom stereocenters. The number of H-pyrrole nitrogens is 1. The third kappa shape index (κ3) is 3.67. The molecule has 1 aliphatic rings. The Morgan fingerprint density at radius 2 is 1.68 bits per heavy atom. The molecule has 1 aromatic heterocycles. The molecule has 2 heterocycles. The van der Waals surface area contributed by atoms with Gasteiger partial charge in [-0.05, 0) is 34.7 Å². The Kier molecular flexibility index (Phi) is 5.13. The fourth-order valence-corrected chi connectivity index (χ4v) is 5.41. The molecule has 5 rings (SSSR count). The Labute approximate surface area is 193 Å². The van der Waals surface area contributed by atoms with Crippen LogP contribution in [0.25, 0.3) is 10.9 Å². The summed E-state index contributed by atoms with van der Waals surface area (Å²) >= 11 is 12.8. The van der Waals surface area contributed by atoms with E-state index >= 15 is 0 Å². The van der Waals surface area contributed by atoms with Crippen molar-refractivity contribution >= 4 is 34.1 Å². The van der Waals surface area contributed by atoms with Gasteiger partial charge in [0.15, 0.2) is 6.04 Å². The van der Waals surface area contributed by atoms with Crippen molar-refractivity contribution in [2.45, 2.75) is 38.1 Å². The van der Waals surface area contributed by atoms with E-state index in [1.807, 2.05) is 12.1 Å². The van der Waals surface area contributed by atoms with Crippen molar-refractivity contribution < 1.29 is 5.32 Å². The van der Waals surface area contributed by atoms with Crippen LogP contribution >= 0.6 is 23.2 Å². The standard InChI is InChI=1S/C27H26Cl2N2/c1-27(2,3)17-10-8-16(9-11-17)25-26-24(20-6-4-5-7-23(20)31-26)21(15-30-25)19-13-12-18(28)14-22(19)29/h4-14,21,25,30-31H,15H2,1-3H3/p+1/t21-,25+/m0/s1. The summed E-state index contributed by atoms with van der Waals surface area (Å²) in [6.07, 6.45) is 0. The highest BCUT2D eigenvalue weighted by molar-refractivity contribution is 6.35. The minimum Gasteiger partial charge on any atom is -0.353 e. The minimum absolute atomic E-state index is 0.150. The molecule has 4 aromatic rings. The van der Waals surface area contributed by atoms with Crippen molar-refractivity contribution in [1.82, 2.24) is 4.98 Å². The van der Waals surface area contributed by atoms with E-state index in [-0.39, 0.29) is 17.4 Å². The lowest BCUT2D eigenvalue weighted by atomic mass is 9.82. The number of hydrogen-bond acceptors (Lipinski definition) is 0. The highest BCUT2D eigenvalue weighted by Crippen LogP contribution is 2.41. The van der Waals surface area contributed by atoms with Crippen molar-refractivity contribution in [3.05, 3.63) is 105 Å². The first-order valence-electron chi connectivity index (χ1n) is 10.8. The number of para-hydroxylation sites is 1. The number of nitrogens with two attached hydrogens (primary N) is 1. The third-order valence-electron chi connectivity index (χ3n) is 6.52. The molecule has 31 heavy (non-hydrogen) atoms. The number of nitrogens with one attached hydrogen (secondary N) is 1. The molecule has 3 N–H and O–H groups in total. The van der Waals surface area contributed by atoms with Gasteiger partial charge in [0.1, 0.15) is 0 Å². The second-order valence-electron chi connectivity index (χ2n) is 9.54. The van der Waals surface area contributed by atoms with Crippen LogP contribution in [0.2, 0.25) is 10.0 Å². The number of aromatic nitrogens is 1. The number of fused-ring (bicyclic) bond motifs is 3. The predicted molar refractivity (Wildman–Crippen MR) is 130 cm³/mol. The molecular weight excluding hydrogens is 423 g/mol. The average molecular weight is 450 g/mol. The summed E-state index contributed by atoms with van der Waals surface area (Å²) in [6.45, 7) is 7.70. The van der Waals surface area contributed by atoms with Gasteiger partial charge in [-0.3, -0.25) is 0 Å². The molecule has 0 amide bonds. The van der Waals surface area contributed by atoms with Gasteiger partial charge < -0.3 is 10.3 Å². The highest BCUT2D eigenvalue weighted by atomic mass is 35.5. The zero-order valence-electron chi connectivity index (χ0n) is 18.0. The van der Waals surface area contributed by atoms with E-state index in [9.17, 15) is 0 Å². The monoisotopic (exact) mass is 449 g/mol. The van der Waals surface area contributed by atoms with Gasteiger partial charge in [-0.15, -0.1) is 0 Å². The van der Waals surface area contributed by atoms with Crippen molar-refractivity contribution in [3.63, 3.8) is 0 Å². The summed E-state index contributed by atoms with van der Waals surface area (Å²) < 4.78 is 0. The fraction of sp³-hybridized carbons (Fsp3) is 0.259. The number of quaternary nitrogens is 1. The quantitative estimate of drug-likeness (QED) is 0.346. The first-order valence-corrected chi connectivity index (χ1v) is 11.6. The van der Waals surface area contributed by atoms with E-state index in [4.69, 9.17) is 23.2 Å². The zero-order chi connectivity index (χ0) is 21.8. The van der Waals surface area contributed by atoms with Crippen LogP contribution in [0.5, 0.6) is 0 Å². The van der Waals surface area contributed by atoms with Crippen LogP contribution in [0, 0.1) is 0 Å². The van der Waals surface area contributed by atoms with Crippen molar-refractivity contribution in [3.8, 4) is 0 Å². The Balaban J connectivity index is 1.64. The summed E-state index contributed by atoms with van der Waals surface area (Å²) in [7, 11) is 0. The van der Waals surface area contributed by atoms with Gasteiger partial charge in [0.2, 0.25) is 0 Å². The second-order valence-corrected chi connectivity index (χ2v) is 10.4. The zero-order valence-corrected chi connectivity index (χ0v) is 19.6. The first-order chi connectivity index (χ1) is 14.8. The van der Waals surface area contributed by atoms with Gasteiger partial charge in [-0.25, -0.2) is 0 Å². The number of rotatable bonds is 2. The predicted octanol–water partition coefficient (Wildman–Crippen LogP) is 6.57. The lowest BCUT2D eigenvalue weighted by Crippen LogP contribution is -2.88. The summed E-state index contributed by atoms with van der Waals surface area (Å²) in [4.78, 5) is 3.74. The summed E-state index contributed by atoms with van der Waals surface area (Å²) in [5, 5.41) is 5.11. The van der Waals surface area contributed by atoms with E-state index in [0.717, 1.165) is 17.1 Å². The summed E-state index contributed by atoms with van der Waals surface area (Å²) in [5.41, 5.74) is 7.76. The van der Waals surface area contributed by atoms with Crippen molar-refractivity contribution in [1.29, 1.82) is 0 Å². The molecule has 3 aromatic carbocycles. The molecule has 0 bridgehead atoms. The molecule has 0 radical (unpaired) electrons. The molecule has 158 valence electrons. The highest BCUT2D eigenvalue weighted by Gasteiger charge is 2.36. The maximum atomic E-state index is 6.65. The van der Waals surface area contributed by atoms with E-state index < -0.39 is 0 Å². The lowest BCUT2D eigenvalue weighted by molar-refractivity contribution is -0.692. The number of hydrogen-bond donors (Lipinski definition) is 2. The minimum atomic E-state index is 0.150. The lowest BCUT2D eigenvalue weighted by Gasteiger charge is -2.29. The van der Waals surface area contributed by atoms with Crippen molar-refractivity contribution in [2.75, 3.05) is 6.54 Å². The number of halogens is 2. The van der Waals surface area contributed by atoms with Crippen LogP contribution in [0.3, 0.4) is 0 Å². The van der Waals surface area contributed by atoms with Gasteiger partial charge in [-0.1, -0.05) is 92.5 Å². The molecular formula is C27H27Cl2N2+. The van der Waals surface area contributed by atoms with Crippen LogP contribution in [0.15, 0.2) is 66.7 Å². The third-order valence-corrected chi connectivity index (χ3v) is 7.08. The smallest absolute Gasteiger partial charge is 0.153 e. The van der Waals surface area contributed by atoms with Crippen LogP contribution < -0.4 is 5.32 Å². The van der Waals surface area contributed by atoms with Crippen molar-refractivity contribution in [2.24, 2.45) is 0 Å². The molecule has 0 aliphatic carbocycles. The van der Waals surface area contributed by atoms with Gasteiger partial charge in [-0.2, -0.15) is 0 Å². The Bertz CT molecular complexity index is 1250. The fourth-order valence-electron chi connectivity index (χ4n) is 4.87. The van der Waals surface area contributed by atoms with Crippen LogP contribution in [-0.2, 0) is 5.41 Å².